The van der Waals surface area contributed by atoms with Crippen LogP contribution >= 0.6 is 11.3 Å². The Kier molecular flexibility index (Phi) is 6.26. The topological polar surface area (TPSA) is 63.2 Å². The number of nitrogens with zero attached hydrogens (tertiary/aromatic N) is 4. The van der Waals surface area contributed by atoms with Crippen LogP contribution < -0.4 is 10.2 Å². The number of morpholine rings is 1. The van der Waals surface area contributed by atoms with E-state index in [0.717, 1.165) is 49.9 Å². The Bertz CT molecular complexity index is 846. The van der Waals surface area contributed by atoms with Crippen LogP contribution in [0.5, 0.6) is 0 Å². The summed E-state index contributed by atoms with van der Waals surface area (Å²) in [5, 5.41) is 7.95. The van der Waals surface area contributed by atoms with E-state index in [1.807, 2.05) is 18.6 Å². The number of nitrogens with one attached hydrogen (secondary N) is 1. The van der Waals surface area contributed by atoms with Crippen molar-refractivity contribution in [3.63, 3.8) is 0 Å². The number of anilines is 1. The highest BCUT2D eigenvalue weighted by Gasteiger charge is 2.16. The number of pyridine rings is 1. The molecule has 28 heavy (non-hydrogen) atoms. The number of ether oxygens (including phenoxy) is 1. The summed E-state index contributed by atoms with van der Waals surface area (Å²) in [5.74, 6) is 0.780. The molecule has 0 aromatic carbocycles. The number of rotatable bonds is 7. The normalized spacial score (nSPS) is 15.5. The molecule has 0 saturated carbocycles. The molecule has 0 amide bonds. The molecule has 0 radical (unpaired) electrons. The third kappa shape index (κ3) is 4.92. The van der Waals surface area contributed by atoms with Gasteiger partial charge in [0.1, 0.15) is 0 Å². The van der Waals surface area contributed by atoms with E-state index in [-0.39, 0.29) is 6.04 Å². The average Bonchev–Trinajstić information content (AvgIpc) is 3.26. The number of aromatic nitrogens is 3. The van der Waals surface area contributed by atoms with Crippen LogP contribution in [0.1, 0.15) is 28.4 Å². The molecular formula is C21H25N5OS. The molecule has 4 heterocycles. The van der Waals surface area contributed by atoms with Crippen LogP contribution in [0.15, 0.2) is 47.5 Å². The Hall–Kier alpha value is -2.35. The van der Waals surface area contributed by atoms with Crippen LogP contribution in [0.3, 0.4) is 0 Å². The monoisotopic (exact) mass is 395 g/mol. The lowest BCUT2D eigenvalue weighted by atomic mass is 10.0. The maximum atomic E-state index is 5.39. The minimum absolute atomic E-state index is 0.147. The lowest BCUT2D eigenvalue weighted by Crippen LogP contribution is -2.37. The van der Waals surface area contributed by atoms with Crippen molar-refractivity contribution in [1.29, 1.82) is 0 Å². The molecule has 7 heteroatoms. The second-order valence-electron chi connectivity index (χ2n) is 7.02. The lowest BCUT2D eigenvalue weighted by Gasteiger charge is -2.26. The summed E-state index contributed by atoms with van der Waals surface area (Å²) in [4.78, 5) is 15.9. The predicted octanol–water partition coefficient (Wildman–Crippen LogP) is 3.15. The molecule has 1 N–H and O–H groups in total. The summed E-state index contributed by atoms with van der Waals surface area (Å²) in [5.41, 5.74) is 4.62. The largest absolute Gasteiger partial charge is 0.378 e. The molecule has 1 aliphatic heterocycles. The molecule has 0 bridgehead atoms. The number of aryl methyl sites for hydroxylation is 1. The van der Waals surface area contributed by atoms with Gasteiger partial charge in [-0.05, 0) is 47.4 Å². The molecule has 1 fully saturated rings. The van der Waals surface area contributed by atoms with E-state index < -0.39 is 0 Å². The summed E-state index contributed by atoms with van der Waals surface area (Å²) in [6, 6.07) is 6.55. The smallest absolute Gasteiger partial charge is 0.225 e. The Labute approximate surface area is 169 Å². The Morgan fingerprint density at radius 3 is 2.57 bits per heavy atom. The molecule has 0 spiro atoms. The maximum absolute atomic E-state index is 5.39. The van der Waals surface area contributed by atoms with Gasteiger partial charge in [-0.3, -0.25) is 4.98 Å². The first-order valence-corrected chi connectivity index (χ1v) is 10.5. The number of hydrogen-bond donors (Lipinski definition) is 1. The third-order valence-corrected chi connectivity index (χ3v) is 5.58. The van der Waals surface area contributed by atoms with E-state index in [1.165, 1.54) is 11.1 Å². The fourth-order valence-electron chi connectivity index (χ4n) is 3.22. The van der Waals surface area contributed by atoms with Crippen LogP contribution in [0.25, 0.3) is 0 Å². The second-order valence-corrected chi connectivity index (χ2v) is 7.80. The van der Waals surface area contributed by atoms with E-state index in [0.29, 0.717) is 6.54 Å². The van der Waals surface area contributed by atoms with Gasteiger partial charge in [-0.2, -0.15) is 11.3 Å². The van der Waals surface area contributed by atoms with E-state index in [9.17, 15) is 0 Å². The van der Waals surface area contributed by atoms with Gasteiger partial charge in [0.25, 0.3) is 0 Å². The minimum Gasteiger partial charge on any atom is -0.378 e. The zero-order valence-corrected chi connectivity index (χ0v) is 16.9. The van der Waals surface area contributed by atoms with Crippen molar-refractivity contribution in [2.75, 3.05) is 31.2 Å². The highest BCUT2D eigenvalue weighted by molar-refractivity contribution is 7.07. The van der Waals surface area contributed by atoms with Crippen molar-refractivity contribution in [2.24, 2.45) is 0 Å². The molecule has 1 saturated heterocycles. The van der Waals surface area contributed by atoms with Gasteiger partial charge in [0, 0.05) is 43.8 Å². The van der Waals surface area contributed by atoms with Crippen molar-refractivity contribution >= 4 is 17.3 Å². The zero-order chi connectivity index (χ0) is 19.2. The van der Waals surface area contributed by atoms with Crippen LogP contribution in [0.2, 0.25) is 0 Å². The first-order valence-electron chi connectivity index (χ1n) is 9.58. The summed E-state index contributed by atoms with van der Waals surface area (Å²) in [7, 11) is 0. The van der Waals surface area contributed by atoms with Gasteiger partial charge < -0.3 is 15.0 Å². The Morgan fingerprint density at radius 2 is 1.89 bits per heavy atom. The van der Waals surface area contributed by atoms with E-state index in [1.54, 1.807) is 11.3 Å². The molecule has 1 atom stereocenters. The second kappa shape index (κ2) is 9.23. The van der Waals surface area contributed by atoms with Gasteiger partial charge in [0.05, 0.1) is 24.9 Å². The van der Waals surface area contributed by atoms with Gasteiger partial charge in [-0.15, -0.1) is 0 Å². The van der Waals surface area contributed by atoms with Crippen molar-refractivity contribution in [2.45, 2.75) is 25.9 Å². The van der Waals surface area contributed by atoms with Crippen LogP contribution in [-0.2, 0) is 17.7 Å². The van der Waals surface area contributed by atoms with E-state index in [2.05, 4.69) is 61.1 Å². The van der Waals surface area contributed by atoms with Gasteiger partial charge in [-0.1, -0.05) is 6.07 Å². The van der Waals surface area contributed by atoms with Crippen LogP contribution in [-0.4, -0.2) is 41.3 Å². The molecule has 3 aromatic rings. The molecule has 3 aromatic heterocycles. The van der Waals surface area contributed by atoms with Crippen molar-refractivity contribution < 1.29 is 4.74 Å². The molecule has 0 aliphatic carbocycles. The molecule has 1 unspecified atom stereocenters. The van der Waals surface area contributed by atoms with Crippen LogP contribution in [0, 0.1) is 6.92 Å². The SMILES string of the molecule is Cc1ccc(C(Cc2ccsc2)NCc2cnc(N3CCOCC3)nc2)nc1. The highest BCUT2D eigenvalue weighted by atomic mass is 32.1. The first kappa shape index (κ1) is 19.0. The standard InChI is InChI=1S/C21H25N5OS/c1-16-2-3-19(22-11-16)20(10-17-4-9-28-15-17)23-12-18-13-24-21(25-14-18)26-5-7-27-8-6-26/h2-4,9,11,13-15,20,23H,5-8,10,12H2,1H3. The quantitative estimate of drug-likeness (QED) is 0.663. The molecular weight excluding hydrogens is 370 g/mol. The Balaban J connectivity index is 1.42. The van der Waals surface area contributed by atoms with Gasteiger partial charge in [-0.25, -0.2) is 9.97 Å². The summed E-state index contributed by atoms with van der Waals surface area (Å²) < 4.78 is 5.39. The van der Waals surface area contributed by atoms with E-state index >= 15 is 0 Å². The summed E-state index contributed by atoms with van der Waals surface area (Å²) in [6.07, 6.45) is 6.66. The molecule has 4 rings (SSSR count). The number of hydrogen-bond acceptors (Lipinski definition) is 7. The number of thiophene rings is 1. The first-order chi connectivity index (χ1) is 13.8. The molecule has 146 valence electrons. The van der Waals surface area contributed by atoms with Crippen molar-refractivity contribution in [1.82, 2.24) is 20.3 Å². The minimum atomic E-state index is 0.147. The highest BCUT2D eigenvalue weighted by Crippen LogP contribution is 2.20. The van der Waals surface area contributed by atoms with Gasteiger partial charge >= 0.3 is 0 Å². The van der Waals surface area contributed by atoms with Crippen LogP contribution in [0.4, 0.5) is 5.95 Å². The van der Waals surface area contributed by atoms with E-state index in [4.69, 9.17) is 4.74 Å². The van der Waals surface area contributed by atoms with Gasteiger partial charge in [0.2, 0.25) is 5.95 Å². The van der Waals surface area contributed by atoms with Gasteiger partial charge in [0.15, 0.2) is 0 Å². The average molecular weight is 396 g/mol. The third-order valence-electron chi connectivity index (χ3n) is 4.85. The molecule has 6 nitrogen and oxygen atoms in total. The zero-order valence-electron chi connectivity index (χ0n) is 16.0. The maximum Gasteiger partial charge on any atom is 0.225 e. The lowest BCUT2D eigenvalue weighted by molar-refractivity contribution is 0.122. The fourth-order valence-corrected chi connectivity index (χ4v) is 3.90. The fraction of sp³-hybridized carbons (Fsp3) is 0.381. The summed E-state index contributed by atoms with van der Waals surface area (Å²) >= 11 is 1.73. The molecule has 1 aliphatic rings. The Morgan fingerprint density at radius 1 is 1.07 bits per heavy atom. The summed E-state index contributed by atoms with van der Waals surface area (Å²) in [6.45, 7) is 5.93. The predicted molar refractivity (Wildman–Crippen MR) is 112 cm³/mol. The van der Waals surface area contributed by atoms with Crippen molar-refractivity contribution in [3.8, 4) is 0 Å². The van der Waals surface area contributed by atoms with Crippen molar-refractivity contribution in [3.05, 3.63) is 69.9 Å².